The Morgan fingerprint density at radius 2 is 2.24 bits per heavy atom. The number of fused-ring (bicyclic) bond motifs is 1. The molecule has 0 unspecified atom stereocenters. The molecule has 0 spiro atoms. The van der Waals surface area contributed by atoms with Gasteiger partial charge < -0.3 is 10.2 Å². The van der Waals surface area contributed by atoms with E-state index in [4.69, 9.17) is 15.6 Å². The maximum atomic E-state index is 7.34. The van der Waals surface area contributed by atoms with Crippen LogP contribution in [-0.2, 0) is 0 Å². The van der Waals surface area contributed by atoms with E-state index in [2.05, 4.69) is 5.10 Å². The Hall–Kier alpha value is -2.30. The average Bonchev–Trinajstić information content (AvgIpc) is 2.95. The maximum Gasteiger partial charge on any atom is 0.209 e. The first-order valence-electron chi connectivity index (χ1n) is 5.41. The molecule has 1 aliphatic heterocycles. The highest BCUT2D eigenvalue weighted by molar-refractivity contribution is 6.11. The molecule has 5 heteroatoms. The topological polar surface area (TPSA) is 78.6 Å². The summed E-state index contributed by atoms with van der Waals surface area (Å²) in [5, 5.41) is 14.2. The average molecular weight is 228 g/mol. The number of hydrazone groups is 1. The van der Waals surface area contributed by atoms with Gasteiger partial charge in [-0.05, 0) is 6.07 Å². The molecule has 5 nitrogen and oxygen atoms in total. The molecule has 0 saturated carbocycles. The van der Waals surface area contributed by atoms with Crippen molar-refractivity contribution in [3.05, 3.63) is 36.1 Å². The lowest BCUT2D eigenvalue weighted by atomic mass is 10.1. The second-order valence-electron chi connectivity index (χ2n) is 3.95. The van der Waals surface area contributed by atoms with E-state index in [1.165, 1.54) is 5.01 Å². The third-order valence-electron chi connectivity index (χ3n) is 2.87. The largest absolute Gasteiger partial charge is 0.464 e. The first-order chi connectivity index (χ1) is 8.25. The monoisotopic (exact) mass is 228 g/mol. The van der Waals surface area contributed by atoms with Gasteiger partial charge in [0.05, 0.1) is 12.3 Å². The highest BCUT2D eigenvalue weighted by Gasteiger charge is 2.20. The van der Waals surface area contributed by atoms with E-state index in [9.17, 15) is 0 Å². The minimum atomic E-state index is -0.0206. The lowest BCUT2D eigenvalue weighted by Crippen LogP contribution is -2.29. The van der Waals surface area contributed by atoms with Crippen LogP contribution in [0.1, 0.15) is 12.0 Å². The van der Waals surface area contributed by atoms with Crippen LogP contribution in [0.4, 0.5) is 0 Å². The lowest BCUT2D eigenvalue weighted by molar-refractivity contribution is 0.482. The fourth-order valence-corrected chi connectivity index (χ4v) is 2.02. The van der Waals surface area contributed by atoms with Crippen LogP contribution in [-0.4, -0.2) is 23.2 Å². The summed E-state index contributed by atoms with van der Waals surface area (Å²) in [4.78, 5) is 0. The summed E-state index contributed by atoms with van der Waals surface area (Å²) >= 11 is 0. The minimum absolute atomic E-state index is 0.0206. The molecule has 86 valence electrons. The van der Waals surface area contributed by atoms with Gasteiger partial charge in [0, 0.05) is 17.4 Å². The number of para-hydroxylation sites is 1. The van der Waals surface area contributed by atoms with Crippen molar-refractivity contribution in [2.75, 3.05) is 6.54 Å². The molecule has 1 aromatic heterocycles. The zero-order valence-electron chi connectivity index (χ0n) is 9.18. The molecule has 2 aromatic rings. The van der Waals surface area contributed by atoms with Crippen molar-refractivity contribution in [1.82, 2.24) is 5.01 Å². The molecule has 1 aromatic carbocycles. The fraction of sp³-hybridized carbons (Fsp3) is 0.167. The molecule has 2 heterocycles. The number of nitrogens with two attached hydrogens (primary N) is 1. The van der Waals surface area contributed by atoms with E-state index in [-0.39, 0.29) is 5.96 Å². The number of nitrogens with zero attached hydrogens (tertiary/aromatic N) is 2. The summed E-state index contributed by atoms with van der Waals surface area (Å²) in [5.41, 5.74) is 8.17. The number of hydrogen-bond acceptors (Lipinski definition) is 3. The highest BCUT2D eigenvalue weighted by Crippen LogP contribution is 2.24. The smallest absolute Gasteiger partial charge is 0.209 e. The van der Waals surface area contributed by atoms with Gasteiger partial charge in [-0.15, -0.1) is 0 Å². The van der Waals surface area contributed by atoms with Gasteiger partial charge in [-0.3, -0.25) is 5.41 Å². The molecule has 3 rings (SSSR count). The van der Waals surface area contributed by atoms with E-state index in [1.54, 1.807) is 6.26 Å². The van der Waals surface area contributed by atoms with Crippen molar-refractivity contribution in [3.63, 3.8) is 0 Å². The number of benzene rings is 1. The van der Waals surface area contributed by atoms with Crippen LogP contribution in [0.15, 0.2) is 40.0 Å². The number of furan rings is 1. The Kier molecular flexibility index (Phi) is 2.11. The molecular weight excluding hydrogens is 216 g/mol. The number of guanidine groups is 1. The van der Waals surface area contributed by atoms with Crippen LogP contribution < -0.4 is 5.73 Å². The Balaban J connectivity index is 2.05. The molecule has 0 bridgehead atoms. The minimum Gasteiger partial charge on any atom is -0.464 e. The van der Waals surface area contributed by atoms with E-state index >= 15 is 0 Å². The van der Waals surface area contributed by atoms with Gasteiger partial charge in [-0.25, -0.2) is 5.01 Å². The SMILES string of the molecule is N=C(N)N1CCC(c2coc3ccccc23)=N1. The van der Waals surface area contributed by atoms with Crippen LogP contribution in [0.2, 0.25) is 0 Å². The molecule has 0 fully saturated rings. The molecule has 0 saturated heterocycles. The second-order valence-corrected chi connectivity index (χ2v) is 3.95. The van der Waals surface area contributed by atoms with Gasteiger partial charge in [0.1, 0.15) is 11.8 Å². The highest BCUT2D eigenvalue weighted by atomic mass is 16.3. The predicted octanol–water partition coefficient (Wildman–Crippen LogP) is 1.74. The van der Waals surface area contributed by atoms with Crippen molar-refractivity contribution >= 4 is 22.6 Å². The molecule has 0 aliphatic carbocycles. The Labute approximate surface area is 98.0 Å². The number of nitrogens with one attached hydrogen (secondary N) is 1. The summed E-state index contributed by atoms with van der Waals surface area (Å²) in [6.45, 7) is 0.657. The molecule has 3 N–H and O–H groups in total. The molecule has 0 radical (unpaired) electrons. The zero-order chi connectivity index (χ0) is 11.8. The van der Waals surface area contributed by atoms with Gasteiger partial charge in [-0.2, -0.15) is 5.10 Å². The number of rotatable bonds is 1. The number of hydrogen-bond donors (Lipinski definition) is 2. The van der Waals surface area contributed by atoms with E-state index in [0.29, 0.717) is 6.54 Å². The van der Waals surface area contributed by atoms with Crippen molar-refractivity contribution in [2.45, 2.75) is 6.42 Å². The third-order valence-corrected chi connectivity index (χ3v) is 2.87. The lowest BCUT2D eigenvalue weighted by Gasteiger charge is -2.08. The van der Waals surface area contributed by atoms with Crippen LogP contribution in [0.5, 0.6) is 0 Å². The van der Waals surface area contributed by atoms with Crippen molar-refractivity contribution in [3.8, 4) is 0 Å². The van der Waals surface area contributed by atoms with Crippen LogP contribution in [0.3, 0.4) is 0 Å². The van der Waals surface area contributed by atoms with Crippen LogP contribution in [0.25, 0.3) is 11.0 Å². The molecule has 17 heavy (non-hydrogen) atoms. The first kappa shape index (κ1) is 9.89. The molecule has 0 amide bonds. The fourth-order valence-electron chi connectivity index (χ4n) is 2.02. The summed E-state index contributed by atoms with van der Waals surface area (Å²) in [6, 6.07) is 7.84. The van der Waals surface area contributed by atoms with Crippen LogP contribution >= 0.6 is 0 Å². The summed E-state index contributed by atoms with van der Waals surface area (Å²) in [7, 11) is 0. The normalized spacial score (nSPS) is 15.3. The van der Waals surface area contributed by atoms with Gasteiger partial charge in [0.2, 0.25) is 5.96 Å². The summed E-state index contributed by atoms with van der Waals surface area (Å²) in [6.07, 6.45) is 2.50. The van der Waals surface area contributed by atoms with E-state index < -0.39 is 0 Å². The zero-order valence-corrected chi connectivity index (χ0v) is 9.18. The van der Waals surface area contributed by atoms with Crippen molar-refractivity contribution < 1.29 is 4.42 Å². The standard InChI is InChI=1S/C12H12N4O/c13-12(14)16-6-5-10(15-16)9-7-17-11-4-2-1-3-8(9)11/h1-4,7H,5-6H2,(H3,13,14). The van der Waals surface area contributed by atoms with Crippen molar-refractivity contribution in [2.24, 2.45) is 10.8 Å². The Morgan fingerprint density at radius 1 is 1.41 bits per heavy atom. The van der Waals surface area contributed by atoms with E-state index in [0.717, 1.165) is 28.7 Å². The Bertz CT molecular complexity index is 614. The summed E-state index contributed by atoms with van der Waals surface area (Å²) < 4.78 is 5.47. The van der Waals surface area contributed by atoms with Gasteiger partial charge in [0.25, 0.3) is 0 Å². The summed E-state index contributed by atoms with van der Waals surface area (Å²) in [5.74, 6) is -0.0206. The molecular formula is C12H12N4O. The molecule has 1 aliphatic rings. The quantitative estimate of drug-likeness (QED) is 0.576. The predicted molar refractivity (Wildman–Crippen MR) is 66.0 cm³/mol. The van der Waals surface area contributed by atoms with Gasteiger partial charge in [-0.1, -0.05) is 18.2 Å². The van der Waals surface area contributed by atoms with Crippen molar-refractivity contribution in [1.29, 1.82) is 5.41 Å². The van der Waals surface area contributed by atoms with Gasteiger partial charge in [0.15, 0.2) is 0 Å². The second kappa shape index (κ2) is 3.62. The first-order valence-corrected chi connectivity index (χ1v) is 5.41. The Morgan fingerprint density at radius 3 is 3.00 bits per heavy atom. The van der Waals surface area contributed by atoms with Gasteiger partial charge >= 0.3 is 0 Å². The molecule has 0 atom stereocenters. The van der Waals surface area contributed by atoms with Crippen LogP contribution in [0, 0.1) is 5.41 Å². The maximum absolute atomic E-state index is 7.34. The third kappa shape index (κ3) is 1.56. The van der Waals surface area contributed by atoms with E-state index in [1.807, 2.05) is 24.3 Å².